The Morgan fingerprint density at radius 3 is 3.00 bits per heavy atom. The molecule has 0 saturated heterocycles. The van der Waals surface area contributed by atoms with E-state index in [1.54, 1.807) is 6.92 Å². The fraction of sp³-hybridized carbons (Fsp3) is 0.133. The van der Waals surface area contributed by atoms with E-state index in [0.717, 1.165) is 11.6 Å². The molecule has 1 aromatic carbocycles. The summed E-state index contributed by atoms with van der Waals surface area (Å²) in [4.78, 5) is 15.5. The summed E-state index contributed by atoms with van der Waals surface area (Å²) in [6.45, 7) is 1.81. The van der Waals surface area contributed by atoms with Crippen LogP contribution in [0.2, 0.25) is 0 Å². The molecule has 2 heterocycles. The highest BCUT2D eigenvalue weighted by molar-refractivity contribution is 7.08. The van der Waals surface area contributed by atoms with Crippen molar-refractivity contribution in [3.63, 3.8) is 0 Å². The zero-order chi connectivity index (χ0) is 16.4. The number of primary amides is 1. The van der Waals surface area contributed by atoms with E-state index in [1.165, 1.54) is 17.4 Å². The van der Waals surface area contributed by atoms with Crippen LogP contribution in [-0.2, 0) is 6.54 Å². The first kappa shape index (κ1) is 15.2. The molecule has 0 aliphatic carbocycles. The Morgan fingerprint density at radius 2 is 2.30 bits per heavy atom. The lowest BCUT2D eigenvalue weighted by Crippen LogP contribution is -2.13. The van der Waals surface area contributed by atoms with Crippen LogP contribution in [0.4, 0.5) is 10.1 Å². The second kappa shape index (κ2) is 6.17. The van der Waals surface area contributed by atoms with Gasteiger partial charge < -0.3 is 15.6 Å². The molecule has 0 aliphatic rings. The highest BCUT2D eigenvalue weighted by atomic mass is 32.1. The van der Waals surface area contributed by atoms with Crippen LogP contribution in [0.15, 0.2) is 33.5 Å². The minimum atomic E-state index is -0.690. The lowest BCUT2D eigenvalue weighted by molar-refractivity contribution is 0.1000. The number of nitrogens with one attached hydrogen (secondary N) is 1. The van der Waals surface area contributed by atoms with Crippen LogP contribution < -0.4 is 11.1 Å². The van der Waals surface area contributed by atoms with E-state index >= 15 is 0 Å². The Morgan fingerprint density at radius 1 is 1.48 bits per heavy atom. The SMILES string of the molecule is Cc1c(F)cc(C(N)=O)cc1NCc1nc(-c2ccsc2)no1. The van der Waals surface area contributed by atoms with Crippen LogP contribution in [0, 0.1) is 12.7 Å². The van der Waals surface area contributed by atoms with E-state index < -0.39 is 11.7 Å². The molecule has 6 nitrogen and oxygen atoms in total. The van der Waals surface area contributed by atoms with Gasteiger partial charge in [0.15, 0.2) is 0 Å². The van der Waals surface area contributed by atoms with Crippen molar-refractivity contribution in [3.8, 4) is 11.4 Å². The number of nitrogens with two attached hydrogens (primary N) is 1. The standard InChI is InChI=1S/C15H13FN4O2S/c1-8-11(16)4-10(14(17)21)5-12(8)18-6-13-19-15(20-22-13)9-2-3-23-7-9/h2-5,7,18H,6H2,1H3,(H2,17,21). The Labute approximate surface area is 135 Å². The van der Waals surface area contributed by atoms with Crippen molar-refractivity contribution < 1.29 is 13.7 Å². The quantitative estimate of drug-likeness (QED) is 0.749. The summed E-state index contributed by atoms with van der Waals surface area (Å²) in [5.41, 5.74) is 7.00. The van der Waals surface area contributed by atoms with Crippen LogP contribution in [-0.4, -0.2) is 16.0 Å². The number of carbonyl (C=O) groups excluding carboxylic acids is 1. The maximum absolute atomic E-state index is 13.8. The number of rotatable bonds is 5. The largest absolute Gasteiger partial charge is 0.376 e. The zero-order valence-electron chi connectivity index (χ0n) is 12.2. The lowest BCUT2D eigenvalue weighted by atomic mass is 10.1. The second-order valence-corrected chi connectivity index (χ2v) is 5.65. The molecule has 0 aliphatic heterocycles. The minimum absolute atomic E-state index is 0.0973. The summed E-state index contributed by atoms with van der Waals surface area (Å²) in [5.74, 6) is -0.342. The van der Waals surface area contributed by atoms with Gasteiger partial charge in [-0.05, 0) is 30.5 Å². The van der Waals surface area contributed by atoms with Gasteiger partial charge in [-0.15, -0.1) is 0 Å². The van der Waals surface area contributed by atoms with E-state index in [4.69, 9.17) is 10.3 Å². The summed E-state index contributed by atoms with van der Waals surface area (Å²) >= 11 is 1.54. The maximum Gasteiger partial charge on any atom is 0.248 e. The molecule has 3 aromatic rings. The Hall–Kier alpha value is -2.74. The number of thiophene rings is 1. The summed E-state index contributed by atoms with van der Waals surface area (Å²) in [6.07, 6.45) is 0. The minimum Gasteiger partial charge on any atom is -0.376 e. The summed E-state index contributed by atoms with van der Waals surface area (Å²) < 4.78 is 19.0. The van der Waals surface area contributed by atoms with Gasteiger partial charge in [0.25, 0.3) is 0 Å². The highest BCUT2D eigenvalue weighted by Crippen LogP contribution is 2.22. The number of aromatic nitrogens is 2. The monoisotopic (exact) mass is 332 g/mol. The van der Waals surface area contributed by atoms with E-state index in [2.05, 4.69) is 15.5 Å². The predicted octanol–water partition coefficient (Wildman–Crippen LogP) is 2.96. The molecule has 0 unspecified atom stereocenters. The van der Waals surface area contributed by atoms with E-state index in [-0.39, 0.29) is 12.1 Å². The van der Waals surface area contributed by atoms with Crippen LogP contribution in [0.25, 0.3) is 11.4 Å². The van der Waals surface area contributed by atoms with Gasteiger partial charge in [0.05, 0.1) is 6.54 Å². The van der Waals surface area contributed by atoms with Crippen molar-refractivity contribution in [1.82, 2.24) is 10.1 Å². The first-order chi connectivity index (χ1) is 11.0. The molecule has 0 fully saturated rings. The van der Waals surface area contributed by atoms with Crippen molar-refractivity contribution in [1.29, 1.82) is 0 Å². The summed E-state index contributed by atoms with van der Waals surface area (Å²) in [7, 11) is 0. The molecule has 1 amide bonds. The number of benzene rings is 1. The lowest BCUT2D eigenvalue weighted by Gasteiger charge is -2.10. The molecular formula is C15H13FN4O2S. The Balaban J connectivity index is 1.77. The third-order valence-corrected chi connectivity index (χ3v) is 3.99. The third kappa shape index (κ3) is 3.21. The number of carbonyl (C=O) groups is 1. The average molecular weight is 332 g/mol. The number of hydrogen-bond acceptors (Lipinski definition) is 6. The summed E-state index contributed by atoms with van der Waals surface area (Å²) in [6, 6.07) is 4.50. The number of anilines is 1. The van der Waals surface area contributed by atoms with Crippen LogP contribution in [0.1, 0.15) is 21.8 Å². The number of nitrogens with zero attached hydrogens (tertiary/aromatic N) is 2. The molecule has 23 heavy (non-hydrogen) atoms. The van der Waals surface area contributed by atoms with Crippen molar-refractivity contribution >= 4 is 22.9 Å². The Bertz CT molecular complexity index is 845. The van der Waals surface area contributed by atoms with Crippen molar-refractivity contribution in [2.24, 2.45) is 5.73 Å². The first-order valence-corrected chi connectivity index (χ1v) is 7.68. The van der Waals surface area contributed by atoms with E-state index in [9.17, 15) is 9.18 Å². The fourth-order valence-corrected chi connectivity index (χ4v) is 2.65. The van der Waals surface area contributed by atoms with Crippen molar-refractivity contribution in [3.05, 3.63) is 51.8 Å². The van der Waals surface area contributed by atoms with Gasteiger partial charge in [-0.1, -0.05) is 5.16 Å². The van der Waals surface area contributed by atoms with Gasteiger partial charge in [-0.3, -0.25) is 4.79 Å². The summed E-state index contributed by atoms with van der Waals surface area (Å²) in [5, 5.41) is 10.7. The van der Waals surface area contributed by atoms with E-state index in [0.29, 0.717) is 23.0 Å². The molecule has 3 N–H and O–H groups in total. The predicted molar refractivity (Wildman–Crippen MR) is 84.6 cm³/mol. The number of halogens is 1. The third-order valence-electron chi connectivity index (χ3n) is 3.31. The topological polar surface area (TPSA) is 94.0 Å². The van der Waals surface area contributed by atoms with Gasteiger partial charge in [0, 0.05) is 27.8 Å². The molecule has 0 atom stereocenters. The molecule has 118 valence electrons. The molecule has 8 heteroatoms. The molecule has 0 saturated carbocycles. The molecule has 0 radical (unpaired) electrons. The van der Waals surface area contributed by atoms with Gasteiger partial charge in [-0.25, -0.2) is 4.39 Å². The van der Waals surface area contributed by atoms with Gasteiger partial charge in [0.1, 0.15) is 5.82 Å². The molecule has 0 bridgehead atoms. The normalized spacial score (nSPS) is 10.7. The zero-order valence-corrected chi connectivity index (χ0v) is 13.0. The second-order valence-electron chi connectivity index (χ2n) is 4.87. The van der Waals surface area contributed by atoms with Crippen molar-refractivity contribution in [2.75, 3.05) is 5.32 Å². The highest BCUT2D eigenvalue weighted by Gasteiger charge is 2.12. The number of hydrogen-bond donors (Lipinski definition) is 2. The average Bonchev–Trinajstić information content (AvgIpc) is 3.18. The van der Waals surface area contributed by atoms with Crippen LogP contribution in [0.3, 0.4) is 0 Å². The maximum atomic E-state index is 13.8. The smallest absolute Gasteiger partial charge is 0.248 e. The van der Waals surface area contributed by atoms with Crippen LogP contribution >= 0.6 is 11.3 Å². The van der Waals surface area contributed by atoms with E-state index in [1.807, 2.05) is 16.8 Å². The van der Waals surface area contributed by atoms with Gasteiger partial charge in [0.2, 0.25) is 17.6 Å². The molecule has 0 spiro atoms. The molecule has 3 rings (SSSR count). The fourth-order valence-electron chi connectivity index (χ4n) is 2.01. The van der Waals surface area contributed by atoms with Gasteiger partial charge in [-0.2, -0.15) is 16.3 Å². The molecular weight excluding hydrogens is 319 g/mol. The molecule has 2 aromatic heterocycles. The van der Waals surface area contributed by atoms with Crippen LogP contribution in [0.5, 0.6) is 0 Å². The van der Waals surface area contributed by atoms with Crippen molar-refractivity contribution in [2.45, 2.75) is 13.5 Å². The van der Waals surface area contributed by atoms with Gasteiger partial charge >= 0.3 is 0 Å². The first-order valence-electron chi connectivity index (χ1n) is 6.73. The number of amides is 1. The Kier molecular flexibility index (Phi) is 4.07.